The van der Waals surface area contributed by atoms with Crippen molar-refractivity contribution >= 4 is 29.4 Å². The molecule has 4 fully saturated rings. The van der Waals surface area contributed by atoms with Gasteiger partial charge in [0.05, 0.1) is 12.1 Å². The number of amides is 1. The number of likely N-dealkylation sites (tertiary alicyclic amines) is 1. The molecule has 5 rings (SSSR count). The minimum atomic E-state index is -1.36. The number of hydrogen-bond acceptors (Lipinski definition) is 9. The van der Waals surface area contributed by atoms with Crippen LogP contribution in [0.25, 0.3) is 0 Å². The van der Waals surface area contributed by atoms with Crippen LogP contribution in [0, 0.1) is 11.8 Å². The number of aliphatic hydroxyl groups is 3. The van der Waals surface area contributed by atoms with Crippen LogP contribution in [0.1, 0.15) is 57.4 Å². The van der Waals surface area contributed by atoms with Gasteiger partial charge >= 0.3 is 0 Å². The van der Waals surface area contributed by atoms with Crippen molar-refractivity contribution in [3.8, 4) is 0 Å². The molecule has 1 unspecified atom stereocenters. The van der Waals surface area contributed by atoms with E-state index in [1.807, 2.05) is 20.2 Å². The maximum Gasteiger partial charge on any atom is 0.237 e. The number of nitrogens with zero attached hydrogens (tertiary/aromatic N) is 2. The van der Waals surface area contributed by atoms with Crippen molar-refractivity contribution in [3.63, 3.8) is 0 Å². The summed E-state index contributed by atoms with van der Waals surface area (Å²) in [7, 11) is 4.22. The first-order valence-electron chi connectivity index (χ1n) is 15.8. The molecule has 10 heteroatoms. The summed E-state index contributed by atoms with van der Waals surface area (Å²) >= 11 is 2.93. The van der Waals surface area contributed by atoms with Crippen LogP contribution in [0.4, 0.5) is 0 Å². The quantitative estimate of drug-likeness (QED) is 0.248. The molecule has 0 aromatic heterocycles. The zero-order valence-electron chi connectivity index (χ0n) is 25.6. The smallest absolute Gasteiger partial charge is 0.237 e. The van der Waals surface area contributed by atoms with Gasteiger partial charge in [-0.25, -0.2) is 0 Å². The van der Waals surface area contributed by atoms with Crippen molar-refractivity contribution in [2.45, 2.75) is 116 Å². The lowest BCUT2D eigenvalue weighted by atomic mass is 9.86. The molecule has 0 bridgehead atoms. The molecule has 1 aromatic carbocycles. The van der Waals surface area contributed by atoms with Crippen LogP contribution in [0.3, 0.4) is 0 Å². The molecule has 236 valence electrons. The molecule has 4 aliphatic rings. The highest BCUT2D eigenvalue weighted by Crippen LogP contribution is 2.39. The highest BCUT2D eigenvalue weighted by Gasteiger charge is 2.48. The fourth-order valence-electron chi connectivity index (χ4n) is 6.62. The van der Waals surface area contributed by atoms with E-state index in [-0.39, 0.29) is 17.2 Å². The number of rotatable bonds is 13. The summed E-state index contributed by atoms with van der Waals surface area (Å²) in [6.07, 6.45) is 6.52. The number of benzene rings is 1. The molecular formula is C32H51N3O5S2. The largest absolute Gasteiger partial charge is 0.388 e. The van der Waals surface area contributed by atoms with E-state index >= 15 is 0 Å². The van der Waals surface area contributed by atoms with Crippen LogP contribution in [0.15, 0.2) is 29.2 Å². The standard InChI is InChI=1S/C32H51N3O5S2/c1-19(42-24-11-7-20(8-12-24)13-15-34(2)23-9-10-23)26(30-28(37)27(36)29(38)32(40-30)41-4)33-31(39)25-18-22(14-16-35(25)3)17-21-5-6-21/h7-8,11-12,19,21-23,25-30,32,36-38H,5-6,9-10,13-18H2,1-4H3,(H,33,39)/t19-,22-,25-,26-,27-,28+,29+,30?,32+/m0/s1. The van der Waals surface area contributed by atoms with Crippen molar-refractivity contribution in [2.24, 2.45) is 11.8 Å². The lowest BCUT2D eigenvalue weighted by molar-refractivity contribution is -0.205. The van der Waals surface area contributed by atoms with Crippen LogP contribution in [-0.4, -0.2) is 118 Å². The highest BCUT2D eigenvalue weighted by molar-refractivity contribution is 8.00. The zero-order valence-corrected chi connectivity index (χ0v) is 27.2. The Morgan fingerprint density at radius 2 is 1.79 bits per heavy atom. The number of carbonyl (C=O) groups is 1. The van der Waals surface area contributed by atoms with E-state index in [0.717, 1.165) is 49.2 Å². The number of nitrogens with one attached hydrogen (secondary N) is 1. The van der Waals surface area contributed by atoms with Gasteiger partial charge in [0.1, 0.15) is 29.9 Å². The van der Waals surface area contributed by atoms with Gasteiger partial charge in [0.2, 0.25) is 5.91 Å². The van der Waals surface area contributed by atoms with E-state index in [9.17, 15) is 20.1 Å². The number of aliphatic hydroxyl groups excluding tert-OH is 3. The molecule has 2 aliphatic heterocycles. The number of likely N-dealkylation sites (N-methyl/N-ethyl adjacent to an activating group) is 2. The third kappa shape index (κ3) is 8.24. The molecule has 0 spiro atoms. The van der Waals surface area contributed by atoms with Gasteiger partial charge in [-0.15, -0.1) is 23.5 Å². The highest BCUT2D eigenvalue weighted by atomic mass is 32.2. The van der Waals surface area contributed by atoms with Crippen LogP contribution < -0.4 is 5.32 Å². The normalized spacial score (nSPS) is 33.9. The summed E-state index contributed by atoms with van der Waals surface area (Å²) in [5.74, 6) is 1.34. The fraction of sp³-hybridized carbons (Fsp3) is 0.781. The summed E-state index contributed by atoms with van der Waals surface area (Å²) in [5.41, 5.74) is 0.606. The van der Waals surface area contributed by atoms with Gasteiger partial charge in [0.15, 0.2) is 0 Å². The zero-order chi connectivity index (χ0) is 30.0. The lowest BCUT2D eigenvalue weighted by Gasteiger charge is -2.45. The van der Waals surface area contributed by atoms with Gasteiger partial charge < -0.3 is 30.3 Å². The van der Waals surface area contributed by atoms with E-state index in [0.29, 0.717) is 5.92 Å². The Kier molecular flexibility index (Phi) is 11.2. The molecule has 0 radical (unpaired) electrons. The molecule has 1 amide bonds. The maximum atomic E-state index is 13.9. The Bertz CT molecular complexity index is 1020. The molecule has 9 atom stereocenters. The van der Waals surface area contributed by atoms with Crippen molar-refractivity contribution in [3.05, 3.63) is 29.8 Å². The van der Waals surface area contributed by atoms with Crippen molar-refractivity contribution in [2.75, 3.05) is 33.4 Å². The predicted octanol–water partition coefficient (Wildman–Crippen LogP) is 2.97. The third-order valence-electron chi connectivity index (χ3n) is 9.82. The van der Waals surface area contributed by atoms with Gasteiger partial charge in [0.25, 0.3) is 0 Å². The topological polar surface area (TPSA) is 106 Å². The second kappa shape index (κ2) is 14.5. The Labute approximate surface area is 260 Å². The molecule has 42 heavy (non-hydrogen) atoms. The molecule has 1 aromatic rings. The Hall–Kier alpha value is -0.850. The van der Waals surface area contributed by atoms with E-state index < -0.39 is 35.9 Å². The Balaban J connectivity index is 1.28. The van der Waals surface area contributed by atoms with Crippen LogP contribution >= 0.6 is 23.5 Å². The van der Waals surface area contributed by atoms with Gasteiger partial charge in [-0.05, 0) is 95.0 Å². The Morgan fingerprint density at radius 3 is 2.43 bits per heavy atom. The molecule has 2 saturated heterocycles. The van der Waals surface area contributed by atoms with Crippen LogP contribution in [0.5, 0.6) is 0 Å². The second-order valence-corrected chi connectivity index (χ2v) is 15.6. The second-order valence-electron chi connectivity index (χ2n) is 13.2. The minimum Gasteiger partial charge on any atom is -0.388 e. The average molecular weight is 622 g/mol. The number of carbonyl (C=O) groups excluding carboxylic acids is 1. The van der Waals surface area contributed by atoms with Crippen LogP contribution in [0.2, 0.25) is 0 Å². The van der Waals surface area contributed by atoms with E-state index in [2.05, 4.69) is 46.4 Å². The van der Waals surface area contributed by atoms with Crippen LogP contribution in [-0.2, 0) is 16.0 Å². The van der Waals surface area contributed by atoms with Crippen molar-refractivity contribution < 1.29 is 24.9 Å². The van der Waals surface area contributed by atoms with Gasteiger partial charge in [-0.1, -0.05) is 31.9 Å². The Morgan fingerprint density at radius 1 is 1.07 bits per heavy atom. The van der Waals surface area contributed by atoms with Crippen molar-refractivity contribution in [1.29, 1.82) is 0 Å². The van der Waals surface area contributed by atoms with Gasteiger partial charge in [0, 0.05) is 22.7 Å². The number of ether oxygens (including phenoxy) is 1. The molecule has 2 aliphatic carbocycles. The summed E-state index contributed by atoms with van der Waals surface area (Å²) in [6, 6.07) is 8.57. The molecule has 4 N–H and O–H groups in total. The minimum absolute atomic E-state index is 0.0531. The SMILES string of the molecule is CS[C@H]1OC([C@@H](NC(=O)[C@@H]2C[C@H](CC3CC3)CCN2C)[C@H](C)Sc2ccc(CCN(C)C3CC3)cc2)[C@H](O)[C@H](O)[C@H]1O. The third-order valence-corrected chi connectivity index (χ3v) is 11.9. The van der Waals surface area contributed by atoms with Gasteiger partial charge in [-0.3, -0.25) is 9.69 Å². The number of thioether (sulfide) groups is 2. The molecular weight excluding hydrogens is 571 g/mol. The predicted molar refractivity (Wildman–Crippen MR) is 170 cm³/mol. The van der Waals surface area contributed by atoms with Crippen molar-refractivity contribution in [1.82, 2.24) is 15.1 Å². The summed E-state index contributed by atoms with van der Waals surface area (Å²) < 4.78 is 6.20. The summed E-state index contributed by atoms with van der Waals surface area (Å²) in [6.45, 7) is 3.99. The monoisotopic (exact) mass is 621 g/mol. The molecule has 2 heterocycles. The number of piperidine rings is 1. The average Bonchev–Trinajstić information content (AvgIpc) is 3.91. The first kappa shape index (κ1) is 32.5. The molecule has 2 saturated carbocycles. The first-order valence-corrected chi connectivity index (χ1v) is 18.0. The molecule has 8 nitrogen and oxygen atoms in total. The van der Waals surface area contributed by atoms with E-state index in [4.69, 9.17) is 4.74 Å². The lowest BCUT2D eigenvalue weighted by Crippen LogP contribution is -2.65. The van der Waals surface area contributed by atoms with E-state index in [1.165, 1.54) is 49.4 Å². The summed E-state index contributed by atoms with van der Waals surface area (Å²) in [5, 5.41) is 35.4. The summed E-state index contributed by atoms with van der Waals surface area (Å²) in [4.78, 5) is 19.5. The van der Waals surface area contributed by atoms with E-state index in [1.54, 1.807) is 11.8 Å². The maximum absolute atomic E-state index is 13.9. The number of hydrogen-bond donors (Lipinski definition) is 4. The first-order chi connectivity index (χ1) is 20.1. The van der Waals surface area contributed by atoms with Gasteiger partial charge in [-0.2, -0.15) is 0 Å². The fourth-order valence-corrected chi connectivity index (χ4v) is 8.39.